The van der Waals surface area contributed by atoms with Crippen molar-refractivity contribution >= 4 is 28.4 Å². The molecule has 5 nitrogen and oxygen atoms in total. The van der Waals surface area contributed by atoms with Crippen LogP contribution in [0.1, 0.15) is 15.9 Å². The number of aromatic nitrogens is 2. The molecule has 2 rings (SSSR count). The second-order valence-corrected chi connectivity index (χ2v) is 4.95. The summed E-state index contributed by atoms with van der Waals surface area (Å²) in [6.45, 7) is -0.0609. The molecule has 0 radical (unpaired) electrons. The zero-order chi connectivity index (χ0) is 13.8. The predicted octanol–water partition coefficient (Wildman–Crippen LogP) is 1.60. The predicted molar refractivity (Wildman–Crippen MR) is 76.7 cm³/mol. The Balaban J connectivity index is 2.23. The maximum atomic E-state index is 12.0. The zero-order valence-electron chi connectivity index (χ0n) is 9.71. The van der Waals surface area contributed by atoms with Gasteiger partial charge in [-0.1, -0.05) is 12.1 Å². The summed E-state index contributed by atoms with van der Waals surface area (Å²) in [5.41, 5.74) is 0.715. The van der Waals surface area contributed by atoms with Gasteiger partial charge >= 0.3 is 0 Å². The van der Waals surface area contributed by atoms with Crippen molar-refractivity contribution in [2.45, 2.75) is 6.54 Å². The lowest BCUT2D eigenvalue weighted by atomic mass is 10.1. The van der Waals surface area contributed by atoms with Gasteiger partial charge in [0.25, 0.3) is 5.56 Å². The smallest absolute Gasteiger partial charge is 0.267 e. The Bertz CT molecular complexity index is 714. The van der Waals surface area contributed by atoms with E-state index in [4.69, 9.17) is 5.26 Å². The number of carbonyl (C=O) groups is 1. The first-order valence-electron chi connectivity index (χ1n) is 5.35. The van der Waals surface area contributed by atoms with E-state index in [9.17, 15) is 9.59 Å². The lowest BCUT2D eigenvalue weighted by molar-refractivity contribution is 0.0970. The van der Waals surface area contributed by atoms with Gasteiger partial charge < -0.3 is 0 Å². The van der Waals surface area contributed by atoms with Crippen molar-refractivity contribution in [3.8, 4) is 6.07 Å². The fourth-order valence-corrected chi connectivity index (χ4v) is 1.98. The van der Waals surface area contributed by atoms with Crippen LogP contribution in [0, 0.1) is 14.9 Å². The number of benzene rings is 1. The second-order valence-electron chi connectivity index (χ2n) is 3.79. The fourth-order valence-electron chi connectivity index (χ4n) is 1.51. The summed E-state index contributed by atoms with van der Waals surface area (Å²) in [6.07, 6.45) is 2.79. The number of Topliss-reactive ketones (excluding diaryl/α,β-unsaturated/α-hetero) is 1. The quantitative estimate of drug-likeness (QED) is 0.612. The number of nitriles is 1. The van der Waals surface area contributed by atoms with Crippen molar-refractivity contribution in [1.29, 1.82) is 5.26 Å². The highest BCUT2D eigenvalue weighted by atomic mass is 127. The Labute approximate surface area is 122 Å². The number of halogens is 1. The first kappa shape index (κ1) is 13.4. The molecule has 6 heteroatoms. The van der Waals surface area contributed by atoms with Crippen LogP contribution < -0.4 is 5.56 Å². The van der Waals surface area contributed by atoms with Crippen LogP contribution in [0.15, 0.2) is 41.6 Å². The van der Waals surface area contributed by atoms with Crippen molar-refractivity contribution in [1.82, 2.24) is 9.55 Å². The van der Waals surface area contributed by atoms with E-state index in [0.717, 1.165) is 0 Å². The lowest BCUT2D eigenvalue weighted by Crippen LogP contribution is -2.26. The maximum Gasteiger partial charge on any atom is 0.267 e. The Hall–Kier alpha value is -2.01. The highest BCUT2D eigenvalue weighted by molar-refractivity contribution is 14.1. The Kier molecular flexibility index (Phi) is 4.06. The molecule has 1 aromatic carbocycles. The van der Waals surface area contributed by atoms with E-state index in [1.165, 1.54) is 17.1 Å². The zero-order valence-corrected chi connectivity index (χ0v) is 11.9. The van der Waals surface area contributed by atoms with Gasteiger partial charge in [0.2, 0.25) is 0 Å². The van der Waals surface area contributed by atoms with E-state index < -0.39 is 0 Å². The van der Waals surface area contributed by atoms with Crippen LogP contribution in [0.5, 0.6) is 0 Å². The molecule has 94 valence electrons. The van der Waals surface area contributed by atoms with Gasteiger partial charge in [0.15, 0.2) is 5.78 Å². The molecule has 1 aromatic heterocycles. The van der Waals surface area contributed by atoms with E-state index in [1.54, 1.807) is 24.3 Å². The van der Waals surface area contributed by atoms with E-state index in [1.807, 2.05) is 28.7 Å². The first-order chi connectivity index (χ1) is 9.11. The number of carbonyl (C=O) groups excluding carboxylic acids is 1. The van der Waals surface area contributed by atoms with E-state index in [0.29, 0.717) is 14.7 Å². The molecule has 19 heavy (non-hydrogen) atoms. The molecule has 0 aliphatic carbocycles. The summed E-state index contributed by atoms with van der Waals surface area (Å²) < 4.78 is 1.73. The first-order valence-corrected chi connectivity index (χ1v) is 6.43. The van der Waals surface area contributed by atoms with Crippen molar-refractivity contribution in [3.63, 3.8) is 0 Å². The molecule has 0 fully saturated rings. The highest BCUT2D eigenvalue weighted by Gasteiger charge is 2.09. The summed E-state index contributed by atoms with van der Waals surface area (Å²) in [6, 6.07) is 8.28. The largest absolute Gasteiger partial charge is 0.292 e. The second kappa shape index (κ2) is 5.75. The molecule has 2 aromatic rings. The molecule has 0 aliphatic rings. The minimum absolute atomic E-state index is 0.0609. The third-order valence-electron chi connectivity index (χ3n) is 2.51. The monoisotopic (exact) mass is 365 g/mol. The van der Waals surface area contributed by atoms with Crippen molar-refractivity contribution in [2.75, 3.05) is 0 Å². The molecule has 1 heterocycles. The number of rotatable bonds is 3. The number of hydrogen-bond donors (Lipinski definition) is 0. The van der Waals surface area contributed by atoms with Gasteiger partial charge in [0, 0.05) is 11.8 Å². The van der Waals surface area contributed by atoms with E-state index in [-0.39, 0.29) is 17.9 Å². The van der Waals surface area contributed by atoms with Gasteiger partial charge in [-0.2, -0.15) is 5.26 Å². The van der Waals surface area contributed by atoms with Crippen LogP contribution in [0.2, 0.25) is 0 Å². The van der Waals surface area contributed by atoms with E-state index in [2.05, 4.69) is 4.98 Å². The molecular formula is C13H8IN3O2. The summed E-state index contributed by atoms with van der Waals surface area (Å²) in [5, 5.41) is 8.68. The van der Waals surface area contributed by atoms with Crippen LogP contribution in [0.4, 0.5) is 0 Å². The SMILES string of the molecule is N#Cc1ccc(C(=O)Cn2cncc(I)c2=O)cc1. The van der Waals surface area contributed by atoms with Gasteiger partial charge in [0.05, 0.1) is 28.1 Å². The number of hydrogen-bond acceptors (Lipinski definition) is 4. The van der Waals surface area contributed by atoms with Gasteiger partial charge in [-0.15, -0.1) is 0 Å². The summed E-state index contributed by atoms with van der Waals surface area (Å²) in [4.78, 5) is 27.6. The van der Waals surface area contributed by atoms with Crippen molar-refractivity contribution < 1.29 is 4.79 Å². The molecule has 0 aliphatic heterocycles. The minimum atomic E-state index is -0.238. The molecule has 0 saturated carbocycles. The average Bonchev–Trinajstić information content (AvgIpc) is 2.44. The van der Waals surface area contributed by atoms with E-state index >= 15 is 0 Å². The third kappa shape index (κ3) is 3.06. The van der Waals surface area contributed by atoms with Crippen molar-refractivity contribution in [2.24, 2.45) is 0 Å². The van der Waals surface area contributed by atoms with Gasteiger partial charge in [-0.25, -0.2) is 4.98 Å². The molecule has 0 atom stereocenters. The van der Waals surface area contributed by atoms with Crippen LogP contribution in [0.3, 0.4) is 0 Å². The highest BCUT2D eigenvalue weighted by Crippen LogP contribution is 2.05. The molecule has 0 saturated heterocycles. The Morgan fingerprint density at radius 1 is 1.37 bits per heavy atom. The minimum Gasteiger partial charge on any atom is -0.292 e. The molecule has 0 bridgehead atoms. The standard InChI is InChI=1S/C13H8IN3O2/c14-11-6-16-8-17(13(11)19)7-12(18)10-3-1-9(5-15)2-4-10/h1-4,6,8H,7H2. The van der Waals surface area contributed by atoms with Crippen molar-refractivity contribution in [3.05, 3.63) is 61.8 Å². The maximum absolute atomic E-state index is 12.0. The normalized spacial score (nSPS) is 9.89. The summed E-state index contributed by atoms with van der Waals surface area (Å²) in [5.74, 6) is -0.199. The number of nitrogens with zero attached hydrogens (tertiary/aromatic N) is 3. The third-order valence-corrected chi connectivity index (χ3v) is 3.25. The van der Waals surface area contributed by atoms with Crippen LogP contribution in [0.25, 0.3) is 0 Å². The molecular weight excluding hydrogens is 357 g/mol. The molecule has 0 unspecified atom stereocenters. The average molecular weight is 365 g/mol. The molecule has 0 amide bonds. The molecule has 0 spiro atoms. The Morgan fingerprint density at radius 3 is 2.68 bits per heavy atom. The van der Waals surface area contributed by atoms with Crippen LogP contribution in [-0.2, 0) is 6.54 Å². The van der Waals surface area contributed by atoms with Gasteiger partial charge in [-0.3, -0.25) is 14.2 Å². The summed E-state index contributed by atoms with van der Waals surface area (Å²) >= 11 is 1.88. The number of ketones is 1. The van der Waals surface area contributed by atoms with Crippen LogP contribution >= 0.6 is 22.6 Å². The van der Waals surface area contributed by atoms with Gasteiger partial charge in [-0.05, 0) is 34.7 Å². The fraction of sp³-hybridized carbons (Fsp3) is 0.0769. The summed E-state index contributed by atoms with van der Waals surface area (Å²) in [7, 11) is 0. The molecule has 0 N–H and O–H groups in total. The lowest BCUT2D eigenvalue weighted by Gasteiger charge is -2.04. The topological polar surface area (TPSA) is 75.8 Å². The van der Waals surface area contributed by atoms with Gasteiger partial charge in [0.1, 0.15) is 0 Å². The van der Waals surface area contributed by atoms with Crippen LogP contribution in [-0.4, -0.2) is 15.3 Å². The Morgan fingerprint density at radius 2 is 2.05 bits per heavy atom.